The van der Waals surface area contributed by atoms with Crippen LogP contribution in [-0.4, -0.2) is 40.2 Å². The molecule has 0 heterocycles. The molecule has 4 N–H and O–H groups in total. The Morgan fingerprint density at radius 1 is 0.316 bits per heavy atom. The van der Waals surface area contributed by atoms with Crippen molar-refractivity contribution in [1.82, 2.24) is 0 Å². The van der Waals surface area contributed by atoms with E-state index in [-0.39, 0.29) is 0 Å². The van der Waals surface area contributed by atoms with Crippen LogP contribution >= 0.6 is 0 Å². The first-order valence-corrected chi connectivity index (χ1v) is 20.1. The topological polar surface area (TPSA) is 80.9 Å². The van der Waals surface area contributed by atoms with Crippen molar-refractivity contribution in [3.8, 4) is 0 Å². The first kappa shape index (κ1) is 41.8. The summed E-state index contributed by atoms with van der Waals surface area (Å²) >= 11 is 0. The quantitative estimate of drug-likeness (QED) is 0.0892. The summed E-state index contributed by atoms with van der Waals surface area (Å²) in [6, 6.07) is 53.4. The summed E-state index contributed by atoms with van der Waals surface area (Å²) in [4.78, 5) is 0. The van der Waals surface area contributed by atoms with Gasteiger partial charge in [-0.05, 0) is 55.6 Å². The van der Waals surface area contributed by atoms with Gasteiger partial charge in [-0.15, -0.1) is 0 Å². The minimum atomic E-state index is -2.20. The summed E-state index contributed by atoms with van der Waals surface area (Å²) < 4.78 is 0. The molecule has 6 aromatic carbocycles. The van der Waals surface area contributed by atoms with Gasteiger partial charge in [0.25, 0.3) is 0 Å². The minimum Gasteiger partial charge on any atom is -0.395 e. The van der Waals surface area contributed by atoms with Crippen molar-refractivity contribution in [2.24, 2.45) is 5.41 Å². The SMILES string of the molecule is CC(C)(c1ccccc1)c1cccc(C(C)(C)c2ccccc2)c1C(O)(c1c(C(C)(C)c2ccccc2)cccc1C(C)(C)c1ccccc1)C(CO)(CO)CO. The lowest BCUT2D eigenvalue weighted by atomic mass is 9.55. The number of benzene rings is 6. The van der Waals surface area contributed by atoms with Crippen LogP contribution in [0.3, 0.4) is 0 Å². The minimum absolute atomic E-state index is 0.561. The lowest BCUT2D eigenvalue weighted by molar-refractivity contribution is -0.138. The molecule has 0 unspecified atom stereocenters. The van der Waals surface area contributed by atoms with Crippen LogP contribution in [-0.2, 0) is 27.3 Å². The zero-order valence-corrected chi connectivity index (χ0v) is 34.9. The number of aliphatic hydroxyl groups is 4. The van der Waals surface area contributed by atoms with Gasteiger partial charge in [0.15, 0.2) is 0 Å². The van der Waals surface area contributed by atoms with Gasteiger partial charge in [0.05, 0.1) is 25.2 Å². The Kier molecular flexibility index (Phi) is 11.6. The van der Waals surface area contributed by atoms with Gasteiger partial charge in [-0.25, -0.2) is 0 Å². The summed E-state index contributed by atoms with van der Waals surface area (Å²) in [7, 11) is 0. The van der Waals surface area contributed by atoms with E-state index in [1.165, 1.54) is 0 Å². The largest absolute Gasteiger partial charge is 0.395 e. The van der Waals surface area contributed by atoms with Crippen LogP contribution in [0.2, 0.25) is 0 Å². The molecule has 0 amide bonds. The second-order valence-corrected chi connectivity index (χ2v) is 17.9. The Labute approximate surface area is 340 Å². The van der Waals surface area contributed by atoms with Crippen molar-refractivity contribution in [3.05, 3.63) is 213 Å². The molecule has 57 heavy (non-hydrogen) atoms. The molecule has 0 fully saturated rings. The van der Waals surface area contributed by atoms with Crippen molar-refractivity contribution in [2.75, 3.05) is 19.8 Å². The third-order valence-electron chi connectivity index (χ3n) is 13.2. The van der Waals surface area contributed by atoms with Crippen molar-refractivity contribution in [3.63, 3.8) is 0 Å². The summed E-state index contributed by atoms with van der Waals surface area (Å²) in [5.74, 6) is 0. The fourth-order valence-corrected chi connectivity index (χ4v) is 9.16. The monoisotopic (exact) mass is 760 g/mol. The van der Waals surface area contributed by atoms with Crippen LogP contribution in [0.25, 0.3) is 0 Å². The van der Waals surface area contributed by atoms with Gasteiger partial charge in [0.1, 0.15) is 5.60 Å². The van der Waals surface area contributed by atoms with Crippen LogP contribution in [0, 0.1) is 5.41 Å². The lowest BCUT2D eigenvalue weighted by Gasteiger charge is -2.52. The molecule has 0 aliphatic rings. The average molecular weight is 761 g/mol. The third-order valence-corrected chi connectivity index (χ3v) is 13.2. The highest BCUT2D eigenvalue weighted by Gasteiger charge is 2.58. The van der Waals surface area contributed by atoms with E-state index >= 15 is 0 Å². The van der Waals surface area contributed by atoms with Crippen molar-refractivity contribution >= 4 is 0 Å². The van der Waals surface area contributed by atoms with Crippen molar-refractivity contribution in [1.29, 1.82) is 0 Å². The molecule has 0 aromatic heterocycles. The molecule has 0 radical (unpaired) electrons. The van der Waals surface area contributed by atoms with Gasteiger partial charge in [-0.1, -0.05) is 213 Å². The van der Waals surface area contributed by atoms with Crippen LogP contribution < -0.4 is 0 Å². The Morgan fingerprint density at radius 3 is 0.719 bits per heavy atom. The molecule has 0 aliphatic carbocycles. The third kappa shape index (κ3) is 6.97. The Bertz CT molecular complexity index is 1950. The predicted molar refractivity (Wildman–Crippen MR) is 234 cm³/mol. The van der Waals surface area contributed by atoms with E-state index in [1.54, 1.807) is 0 Å². The summed E-state index contributed by atoms with van der Waals surface area (Å²) in [5, 5.41) is 50.3. The Balaban J connectivity index is 1.92. The molecule has 0 spiro atoms. The van der Waals surface area contributed by atoms with E-state index in [4.69, 9.17) is 0 Å². The lowest BCUT2D eigenvalue weighted by Crippen LogP contribution is -2.57. The van der Waals surface area contributed by atoms with E-state index in [0.717, 1.165) is 44.5 Å². The first-order chi connectivity index (χ1) is 27.1. The molecular formula is C53H60O4. The van der Waals surface area contributed by atoms with Gasteiger partial charge in [0, 0.05) is 21.7 Å². The molecule has 6 aromatic rings. The van der Waals surface area contributed by atoms with Crippen LogP contribution in [0.4, 0.5) is 0 Å². The van der Waals surface area contributed by atoms with E-state index in [9.17, 15) is 20.4 Å². The molecule has 0 saturated carbocycles. The van der Waals surface area contributed by atoms with Gasteiger partial charge in [0.2, 0.25) is 0 Å². The van der Waals surface area contributed by atoms with E-state index in [0.29, 0.717) is 11.1 Å². The molecule has 0 bridgehead atoms. The second-order valence-electron chi connectivity index (χ2n) is 17.9. The maximum atomic E-state index is 14.9. The van der Waals surface area contributed by atoms with Gasteiger partial charge < -0.3 is 20.4 Å². The molecule has 0 atom stereocenters. The summed E-state index contributed by atoms with van der Waals surface area (Å²) in [5.41, 5.74) is 1.72. The van der Waals surface area contributed by atoms with Gasteiger partial charge in [-0.2, -0.15) is 0 Å². The van der Waals surface area contributed by atoms with E-state index in [1.807, 2.05) is 72.8 Å². The molecule has 0 saturated heterocycles. The molecule has 296 valence electrons. The van der Waals surface area contributed by atoms with E-state index < -0.39 is 52.5 Å². The standard InChI is InChI=1S/C53H60O4/c1-48(2,38-23-13-9-14-24-38)42-31-21-32-43(49(3,4)39-25-15-10-16-26-39)46(42)53(57,52(35-54,36-55)37-56)47-44(50(5,6)40-27-17-11-18-28-40)33-22-34-45(47)51(7,8)41-29-19-12-20-30-41/h9-34,54-57H,35-37H2,1-8H3. The smallest absolute Gasteiger partial charge is 0.128 e. The molecule has 4 heteroatoms. The second kappa shape index (κ2) is 15.8. The Morgan fingerprint density at radius 2 is 0.526 bits per heavy atom. The average Bonchev–Trinajstić information content (AvgIpc) is 3.25. The highest BCUT2D eigenvalue weighted by Crippen LogP contribution is 2.57. The number of hydrogen-bond donors (Lipinski definition) is 4. The van der Waals surface area contributed by atoms with Crippen molar-refractivity contribution in [2.45, 2.75) is 82.7 Å². The van der Waals surface area contributed by atoms with E-state index in [2.05, 4.69) is 140 Å². The molecule has 6 rings (SSSR count). The van der Waals surface area contributed by atoms with Crippen molar-refractivity contribution < 1.29 is 20.4 Å². The maximum Gasteiger partial charge on any atom is 0.128 e. The number of rotatable bonds is 14. The van der Waals surface area contributed by atoms with Crippen LogP contribution in [0.5, 0.6) is 0 Å². The fraction of sp³-hybridized carbons (Fsp3) is 0.321. The first-order valence-electron chi connectivity index (χ1n) is 20.1. The summed E-state index contributed by atoms with van der Waals surface area (Å²) in [6.45, 7) is 15.2. The highest BCUT2D eigenvalue weighted by molar-refractivity contribution is 5.63. The number of aliphatic hydroxyl groups excluding tert-OH is 3. The predicted octanol–water partition coefficient (Wildman–Crippen LogP) is 10.2. The zero-order valence-electron chi connectivity index (χ0n) is 34.9. The van der Waals surface area contributed by atoms with Gasteiger partial charge in [-0.3, -0.25) is 0 Å². The number of hydrogen-bond acceptors (Lipinski definition) is 4. The maximum absolute atomic E-state index is 14.9. The van der Waals surface area contributed by atoms with Gasteiger partial charge >= 0.3 is 0 Å². The zero-order chi connectivity index (χ0) is 41.3. The summed E-state index contributed by atoms with van der Waals surface area (Å²) in [6.07, 6.45) is 0. The van der Waals surface area contributed by atoms with Crippen LogP contribution in [0.15, 0.2) is 158 Å². The Hall–Kier alpha value is -4.84. The highest BCUT2D eigenvalue weighted by atomic mass is 16.3. The normalized spacial score (nSPS) is 13.1. The molecular weight excluding hydrogens is 701 g/mol. The molecule has 4 nitrogen and oxygen atoms in total. The molecule has 0 aliphatic heterocycles. The fourth-order valence-electron chi connectivity index (χ4n) is 9.16. The van der Waals surface area contributed by atoms with Crippen LogP contribution in [0.1, 0.15) is 111 Å².